The molecule has 0 fully saturated rings. The van der Waals surface area contributed by atoms with Gasteiger partial charge in [0.15, 0.2) is 5.78 Å². The zero-order valence-corrected chi connectivity index (χ0v) is 14.9. The van der Waals surface area contributed by atoms with E-state index in [2.05, 4.69) is 16.1 Å². The molecular formula is C20H21N3O3. The Labute approximate surface area is 150 Å². The summed E-state index contributed by atoms with van der Waals surface area (Å²) in [4.78, 5) is 26.3. The van der Waals surface area contributed by atoms with Crippen molar-refractivity contribution in [2.75, 3.05) is 0 Å². The summed E-state index contributed by atoms with van der Waals surface area (Å²) in [5.74, 6) is -0.618. The standard InChI is InChI=1S/C20H21N3O3/c1-11-14(7-9-19(25)26)12(2)23(22-11)13-6-8-17-16(10-13)15-4-3-5-18(24)20(15)21-17/h6,8,10,21H,3-5,7,9H2,1-2H3,(H,25,26). The fourth-order valence-electron chi connectivity index (χ4n) is 3.94. The Hall–Kier alpha value is -2.89. The van der Waals surface area contributed by atoms with E-state index < -0.39 is 5.97 Å². The van der Waals surface area contributed by atoms with Gasteiger partial charge in [0.1, 0.15) is 0 Å². The van der Waals surface area contributed by atoms with Crippen molar-refractivity contribution < 1.29 is 14.7 Å². The molecule has 6 heteroatoms. The third kappa shape index (κ3) is 2.62. The zero-order valence-electron chi connectivity index (χ0n) is 14.9. The smallest absolute Gasteiger partial charge is 0.303 e. The molecule has 2 aromatic heterocycles. The molecule has 0 spiro atoms. The third-order valence-electron chi connectivity index (χ3n) is 5.27. The van der Waals surface area contributed by atoms with Gasteiger partial charge in [0.05, 0.1) is 17.1 Å². The second kappa shape index (κ2) is 6.12. The van der Waals surface area contributed by atoms with Gasteiger partial charge in [-0.3, -0.25) is 9.59 Å². The highest BCUT2D eigenvalue weighted by molar-refractivity contribution is 6.03. The molecule has 1 aromatic carbocycles. The molecule has 0 radical (unpaired) electrons. The first-order valence-corrected chi connectivity index (χ1v) is 8.90. The van der Waals surface area contributed by atoms with Gasteiger partial charge in [-0.2, -0.15) is 5.10 Å². The highest BCUT2D eigenvalue weighted by Crippen LogP contribution is 2.31. The summed E-state index contributed by atoms with van der Waals surface area (Å²) in [6.07, 6.45) is 2.98. The predicted octanol–water partition coefficient (Wildman–Crippen LogP) is 3.51. The van der Waals surface area contributed by atoms with Crippen molar-refractivity contribution in [3.63, 3.8) is 0 Å². The number of aryl methyl sites for hydroxylation is 2. The Morgan fingerprint density at radius 2 is 2.12 bits per heavy atom. The highest BCUT2D eigenvalue weighted by Gasteiger charge is 2.22. The normalized spacial score (nSPS) is 14.0. The number of benzene rings is 1. The number of carboxylic acid groups (broad SMARTS) is 1. The number of ketones is 1. The van der Waals surface area contributed by atoms with E-state index in [4.69, 9.17) is 5.11 Å². The molecule has 2 heterocycles. The maximum absolute atomic E-state index is 12.1. The van der Waals surface area contributed by atoms with E-state index in [1.807, 2.05) is 30.7 Å². The third-order valence-corrected chi connectivity index (χ3v) is 5.27. The van der Waals surface area contributed by atoms with Crippen LogP contribution in [0.3, 0.4) is 0 Å². The topological polar surface area (TPSA) is 88.0 Å². The number of nitrogens with zero attached hydrogens (tertiary/aromatic N) is 2. The summed E-state index contributed by atoms with van der Waals surface area (Å²) in [6, 6.07) is 6.04. The fraction of sp³-hybridized carbons (Fsp3) is 0.350. The first-order valence-electron chi connectivity index (χ1n) is 8.90. The molecule has 1 aliphatic rings. The lowest BCUT2D eigenvalue weighted by Crippen LogP contribution is -2.09. The van der Waals surface area contributed by atoms with E-state index in [1.54, 1.807) is 0 Å². The number of Topliss-reactive ketones (excluding diaryl/α,β-unsaturated/α-hetero) is 1. The van der Waals surface area contributed by atoms with Crippen LogP contribution in [0.2, 0.25) is 0 Å². The molecule has 3 aromatic rings. The highest BCUT2D eigenvalue weighted by atomic mass is 16.4. The van der Waals surface area contributed by atoms with Crippen molar-refractivity contribution in [2.45, 2.75) is 46.0 Å². The van der Waals surface area contributed by atoms with Crippen molar-refractivity contribution in [1.29, 1.82) is 0 Å². The molecule has 0 amide bonds. The van der Waals surface area contributed by atoms with Gasteiger partial charge >= 0.3 is 5.97 Å². The number of hydrogen-bond donors (Lipinski definition) is 2. The SMILES string of the molecule is Cc1nn(-c2ccc3[nH]c4c(c3c2)CCCC4=O)c(C)c1CCC(=O)O. The lowest BCUT2D eigenvalue weighted by molar-refractivity contribution is -0.136. The van der Waals surface area contributed by atoms with Crippen LogP contribution in [-0.4, -0.2) is 31.6 Å². The maximum Gasteiger partial charge on any atom is 0.303 e. The van der Waals surface area contributed by atoms with Crippen molar-refractivity contribution in [2.24, 2.45) is 0 Å². The molecule has 1 aliphatic carbocycles. The second-order valence-electron chi connectivity index (χ2n) is 6.94. The average Bonchev–Trinajstić information content (AvgIpc) is 3.11. The monoisotopic (exact) mass is 351 g/mol. The van der Waals surface area contributed by atoms with Crippen LogP contribution < -0.4 is 0 Å². The summed E-state index contributed by atoms with van der Waals surface area (Å²) in [7, 11) is 0. The Kier molecular flexibility index (Phi) is 3.90. The van der Waals surface area contributed by atoms with Gasteiger partial charge in [-0.15, -0.1) is 0 Å². The number of rotatable bonds is 4. The summed E-state index contributed by atoms with van der Waals surface area (Å²) in [6.45, 7) is 3.88. The minimum absolute atomic E-state index is 0.0971. The van der Waals surface area contributed by atoms with Crippen molar-refractivity contribution in [3.8, 4) is 5.69 Å². The van der Waals surface area contributed by atoms with Gasteiger partial charge in [0.2, 0.25) is 0 Å². The zero-order chi connectivity index (χ0) is 18.4. The van der Waals surface area contributed by atoms with Crippen molar-refractivity contribution in [3.05, 3.63) is 46.4 Å². The number of aromatic nitrogens is 3. The number of fused-ring (bicyclic) bond motifs is 3. The van der Waals surface area contributed by atoms with Crippen LogP contribution in [0, 0.1) is 13.8 Å². The van der Waals surface area contributed by atoms with E-state index >= 15 is 0 Å². The van der Waals surface area contributed by atoms with Crippen molar-refractivity contribution >= 4 is 22.7 Å². The molecule has 0 atom stereocenters. The number of carbonyl (C=O) groups excluding carboxylic acids is 1. The largest absolute Gasteiger partial charge is 0.481 e. The molecule has 134 valence electrons. The molecule has 0 saturated carbocycles. The fourth-order valence-corrected chi connectivity index (χ4v) is 3.94. The van der Waals surface area contributed by atoms with Crippen LogP contribution in [0.15, 0.2) is 18.2 Å². The number of hydrogen-bond acceptors (Lipinski definition) is 3. The first kappa shape index (κ1) is 16.6. The van der Waals surface area contributed by atoms with Crippen LogP contribution in [0.1, 0.15) is 52.3 Å². The van der Waals surface area contributed by atoms with Crippen LogP contribution in [0.5, 0.6) is 0 Å². The Balaban J connectivity index is 1.79. The van der Waals surface area contributed by atoms with Gasteiger partial charge in [0, 0.05) is 29.4 Å². The molecule has 0 unspecified atom stereocenters. The molecule has 0 bridgehead atoms. The second-order valence-corrected chi connectivity index (χ2v) is 6.94. The van der Waals surface area contributed by atoms with Crippen LogP contribution in [0.25, 0.3) is 16.6 Å². The molecular weight excluding hydrogens is 330 g/mol. The lowest BCUT2D eigenvalue weighted by atomic mass is 9.94. The molecule has 0 saturated heterocycles. The summed E-state index contributed by atoms with van der Waals surface area (Å²) in [5, 5.41) is 14.6. The molecule has 0 aliphatic heterocycles. The summed E-state index contributed by atoms with van der Waals surface area (Å²) >= 11 is 0. The number of carbonyl (C=O) groups is 2. The number of aliphatic carboxylic acids is 1. The van der Waals surface area contributed by atoms with E-state index in [9.17, 15) is 9.59 Å². The predicted molar refractivity (Wildman–Crippen MR) is 98.1 cm³/mol. The van der Waals surface area contributed by atoms with Gasteiger partial charge < -0.3 is 10.1 Å². The van der Waals surface area contributed by atoms with Gasteiger partial charge in [-0.25, -0.2) is 4.68 Å². The first-order chi connectivity index (χ1) is 12.5. The van der Waals surface area contributed by atoms with Crippen LogP contribution >= 0.6 is 0 Å². The molecule has 2 N–H and O–H groups in total. The molecule has 26 heavy (non-hydrogen) atoms. The Morgan fingerprint density at radius 3 is 2.88 bits per heavy atom. The number of aromatic amines is 1. The summed E-state index contributed by atoms with van der Waals surface area (Å²) in [5.41, 5.74) is 6.56. The van der Waals surface area contributed by atoms with E-state index in [-0.39, 0.29) is 12.2 Å². The molecule has 4 rings (SSSR count). The Bertz CT molecular complexity index is 1040. The molecule has 6 nitrogen and oxygen atoms in total. The van der Waals surface area contributed by atoms with Gasteiger partial charge in [-0.05, 0) is 62.4 Å². The average molecular weight is 351 g/mol. The van der Waals surface area contributed by atoms with E-state index in [1.165, 1.54) is 0 Å². The minimum atomic E-state index is -0.804. The quantitative estimate of drug-likeness (QED) is 0.753. The number of H-pyrrole nitrogens is 1. The van der Waals surface area contributed by atoms with Gasteiger partial charge in [0.25, 0.3) is 0 Å². The van der Waals surface area contributed by atoms with Crippen LogP contribution in [-0.2, 0) is 17.6 Å². The Morgan fingerprint density at radius 1 is 1.31 bits per heavy atom. The van der Waals surface area contributed by atoms with E-state index in [0.717, 1.165) is 57.6 Å². The lowest BCUT2D eigenvalue weighted by Gasteiger charge is -2.10. The maximum atomic E-state index is 12.1. The van der Waals surface area contributed by atoms with Crippen LogP contribution in [0.4, 0.5) is 0 Å². The number of nitrogens with one attached hydrogen (secondary N) is 1. The van der Waals surface area contributed by atoms with E-state index in [0.29, 0.717) is 12.8 Å². The number of carboxylic acids is 1. The van der Waals surface area contributed by atoms with Gasteiger partial charge in [-0.1, -0.05) is 0 Å². The summed E-state index contributed by atoms with van der Waals surface area (Å²) < 4.78 is 1.87. The van der Waals surface area contributed by atoms with Crippen molar-refractivity contribution in [1.82, 2.24) is 14.8 Å². The minimum Gasteiger partial charge on any atom is -0.481 e.